The Morgan fingerprint density at radius 3 is 3.10 bits per heavy atom. The van der Waals surface area contributed by atoms with E-state index in [-0.39, 0.29) is 12.2 Å². The molecule has 0 spiro atoms. The van der Waals surface area contributed by atoms with Gasteiger partial charge in [0.25, 0.3) is 0 Å². The fourth-order valence-electron chi connectivity index (χ4n) is 2.60. The number of aliphatic imine (C=N–C) groups is 2. The first-order chi connectivity index (χ1) is 10.3. The van der Waals surface area contributed by atoms with Crippen molar-refractivity contribution in [1.82, 2.24) is 9.88 Å². The van der Waals surface area contributed by atoms with E-state index in [4.69, 9.17) is 0 Å². The second kappa shape index (κ2) is 4.89. The number of hydrogen-bond acceptors (Lipinski definition) is 6. The van der Waals surface area contributed by atoms with Crippen LogP contribution in [0, 0.1) is 0 Å². The highest BCUT2D eigenvalue weighted by atomic mass is 32.1. The van der Waals surface area contributed by atoms with Gasteiger partial charge in [0.2, 0.25) is 0 Å². The van der Waals surface area contributed by atoms with Gasteiger partial charge < -0.3 is 4.90 Å². The van der Waals surface area contributed by atoms with Gasteiger partial charge in [0.1, 0.15) is 11.7 Å². The first-order valence-corrected chi connectivity index (χ1v) is 7.62. The molecule has 0 saturated heterocycles. The van der Waals surface area contributed by atoms with Crippen LogP contribution in [0.5, 0.6) is 0 Å². The number of nitrogens with zero attached hydrogens (tertiary/aromatic N) is 4. The molecule has 0 amide bonds. The van der Waals surface area contributed by atoms with E-state index in [1.165, 1.54) is 11.3 Å². The van der Waals surface area contributed by atoms with Crippen LogP contribution in [0.1, 0.15) is 21.8 Å². The average molecular weight is 296 g/mol. The summed E-state index contributed by atoms with van der Waals surface area (Å²) in [5.74, 6) is 1.71. The Morgan fingerprint density at radius 1 is 1.33 bits per heavy atom. The first kappa shape index (κ1) is 12.4. The zero-order valence-electron chi connectivity index (χ0n) is 11.2. The summed E-state index contributed by atoms with van der Waals surface area (Å²) in [4.78, 5) is 27.6. The molecule has 0 unspecified atom stereocenters. The largest absolute Gasteiger partial charge is 0.312 e. The van der Waals surface area contributed by atoms with Gasteiger partial charge in [-0.15, -0.1) is 11.3 Å². The SMILES string of the molecule is O=C(CC1=Nc2ccccc2C2=NCCN12)c1nccs1. The zero-order chi connectivity index (χ0) is 14.2. The van der Waals surface area contributed by atoms with E-state index in [1.54, 1.807) is 6.20 Å². The maximum Gasteiger partial charge on any atom is 0.198 e. The molecular formula is C15H12N4OS. The van der Waals surface area contributed by atoms with Crippen molar-refractivity contribution < 1.29 is 4.79 Å². The summed E-state index contributed by atoms with van der Waals surface area (Å²) in [6, 6.07) is 7.92. The Labute approximate surface area is 125 Å². The minimum absolute atomic E-state index is 0.00869. The lowest BCUT2D eigenvalue weighted by Gasteiger charge is -2.27. The Balaban J connectivity index is 1.71. The number of carbonyl (C=O) groups is 1. The number of ketones is 1. The summed E-state index contributed by atoms with van der Waals surface area (Å²) in [5, 5.41) is 2.35. The van der Waals surface area contributed by atoms with Gasteiger partial charge in [-0.1, -0.05) is 12.1 Å². The van der Waals surface area contributed by atoms with Gasteiger partial charge in [-0.25, -0.2) is 9.98 Å². The monoisotopic (exact) mass is 296 g/mol. The molecule has 0 atom stereocenters. The van der Waals surface area contributed by atoms with Gasteiger partial charge in [0.15, 0.2) is 10.8 Å². The Kier molecular flexibility index (Phi) is 2.89. The smallest absolute Gasteiger partial charge is 0.198 e. The Hall–Kier alpha value is -2.34. The van der Waals surface area contributed by atoms with Crippen LogP contribution >= 0.6 is 11.3 Å². The fraction of sp³-hybridized carbons (Fsp3) is 0.200. The lowest BCUT2D eigenvalue weighted by atomic mass is 10.1. The molecule has 2 aliphatic rings. The van der Waals surface area contributed by atoms with Crippen LogP contribution in [0.3, 0.4) is 0 Å². The summed E-state index contributed by atoms with van der Waals surface area (Å²) in [6.45, 7) is 1.53. The topological polar surface area (TPSA) is 57.9 Å². The molecule has 5 nitrogen and oxygen atoms in total. The molecule has 2 aliphatic heterocycles. The van der Waals surface area contributed by atoms with Gasteiger partial charge in [0, 0.05) is 23.7 Å². The predicted octanol–water partition coefficient (Wildman–Crippen LogP) is 2.52. The second-order valence-corrected chi connectivity index (χ2v) is 5.73. The molecule has 4 rings (SSSR count). The highest BCUT2D eigenvalue weighted by Gasteiger charge is 2.30. The molecule has 0 aliphatic carbocycles. The maximum absolute atomic E-state index is 12.3. The van der Waals surface area contributed by atoms with E-state index in [2.05, 4.69) is 15.0 Å². The van der Waals surface area contributed by atoms with Gasteiger partial charge >= 0.3 is 0 Å². The molecule has 6 heteroatoms. The molecule has 0 bridgehead atoms. The van der Waals surface area contributed by atoms with Gasteiger partial charge in [-0.05, 0) is 12.1 Å². The number of fused-ring (bicyclic) bond motifs is 3. The summed E-state index contributed by atoms with van der Waals surface area (Å²) in [7, 11) is 0. The molecule has 0 N–H and O–H groups in total. The van der Waals surface area contributed by atoms with E-state index >= 15 is 0 Å². The fourth-order valence-corrected chi connectivity index (χ4v) is 3.18. The van der Waals surface area contributed by atoms with E-state index in [9.17, 15) is 4.79 Å². The number of carbonyl (C=O) groups excluding carboxylic acids is 1. The number of para-hydroxylation sites is 1. The lowest BCUT2D eigenvalue weighted by Crippen LogP contribution is -2.38. The summed E-state index contributed by atoms with van der Waals surface area (Å²) in [6.07, 6.45) is 1.92. The van der Waals surface area contributed by atoms with E-state index < -0.39 is 0 Å². The third-order valence-corrected chi connectivity index (χ3v) is 4.35. The van der Waals surface area contributed by atoms with Crippen molar-refractivity contribution in [2.75, 3.05) is 13.1 Å². The Morgan fingerprint density at radius 2 is 2.24 bits per heavy atom. The normalized spacial score (nSPS) is 16.1. The van der Waals surface area contributed by atoms with Gasteiger partial charge in [0.05, 0.1) is 18.7 Å². The zero-order valence-corrected chi connectivity index (χ0v) is 12.0. The van der Waals surface area contributed by atoms with Crippen LogP contribution in [0.2, 0.25) is 0 Å². The molecule has 0 radical (unpaired) electrons. The lowest BCUT2D eigenvalue weighted by molar-refractivity contribution is 0.0998. The standard InChI is InChI=1S/C15H12N4OS/c20-12(15-17-6-8-21-15)9-13-18-11-4-2-1-3-10(11)14-16-5-7-19(13)14/h1-4,6,8H,5,7,9H2. The summed E-state index contributed by atoms with van der Waals surface area (Å²) < 4.78 is 0. The van der Waals surface area contributed by atoms with Crippen LogP contribution in [-0.4, -0.2) is 40.4 Å². The van der Waals surface area contributed by atoms with Crippen LogP contribution in [0.4, 0.5) is 5.69 Å². The molecule has 0 fully saturated rings. The number of thiazole rings is 1. The molecule has 104 valence electrons. The minimum Gasteiger partial charge on any atom is -0.312 e. The quantitative estimate of drug-likeness (QED) is 0.818. The van der Waals surface area contributed by atoms with Crippen molar-refractivity contribution in [1.29, 1.82) is 0 Å². The predicted molar refractivity (Wildman–Crippen MR) is 82.7 cm³/mol. The molecular weight excluding hydrogens is 284 g/mol. The Bertz CT molecular complexity index is 764. The molecule has 0 saturated carbocycles. The summed E-state index contributed by atoms with van der Waals surface area (Å²) >= 11 is 1.37. The molecule has 2 aromatic rings. The molecule has 1 aromatic heterocycles. The number of aromatic nitrogens is 1. The van der Waals surface area contributed by atoms with Crippen molar-refractivity contribution in [2.45, 2.75) is 6.42 Å². The van der Waals surface area contributed by atoms with Crippen LogP contribution in [0.25, 0.3) is 0 Å². The van der Waals surface area contributed by atoms with Crippen molar-refractivity contribution in [3.05, 3.63) is 46.4 Å². The number of amidine groups is 2. The van der Waals surface area contributed by atoms with Crippen LogP contribution in [-0.2, 0) is 0 Å². The third kappa shape index (κ3) is 2.08. The van der Waals surface area contributed by atoms with Crippen LogP contribution in [0.15, 0.2) is 45.8 Å². The number of rotatable bonds is 3. The first-order valence-electron chi connectivity index (χ1n) is 6.74. The molecule has 1 aromatic carbocycles. The van der Waals surface area contributed by atoms with Crippen molar-refractivity contribution in [2.24, 2.45) is 9.98 Å². The highest BCUT2D eigenvalue weighted by Crippen LogP contribution is 2.29. The summed E-state index contributed by atoms with van der Waals surface area (Å²) in [5.41, 5.74) is 1.93. The van der Waals surface area contributed by atoms with Crippen molar-refractivity contribution >= 4 is 34.5 Å². The average Bonchev–Trinajstić information content (AvgIpc) is 3.19. The number of hydrogen-bond donors (Lipinski definition) is 0. The van der Waals surface area contributed by atoms with E-state index in [1.807, 2.05) is 34.5 Å². The molecule has 3 heterocycles. The van der Waals surface area contributed by atoms with Crippen molar-refractivity contribution in [3.63, 3.8) is 0 Å². The van der Waals surface area contributed by atoms with Gasteiger partial charge in [-0.3, -0.25) is 9.79 Å². The van der Waals surface area contributed by atoms with E-state index in [0.717, 1.165) is 36.0 Å². The third-order valence-electron chi connectivity index (χ3n) is 3.54. The second-order valence-electron chi connectivity index (χ2n) is 4.84. The van der Waals surface area contributed by atoms with E-state index in [0.29, 0.717) is 5.01 Å². The maximum atomic E-state index is 12.3. The minimum atomic E-state index is 0.00869. The number of benzene rings is 1. The van der Waals surface area contributed by atoms with Gasteiger partial charge in [-0.2, -0.15) is 0 Å². The number of Topliss-reactive ketones (excluding diaryl/α,β-unsaturated/α-hetero) is 1. The van der Waals surface area contributed by atoms with Crippen LogP contribution < -0.4 is 0 Å². The van der Waals surface area contributed by atoms with Crippen molar-refractivity contribution in [3.8, 4) is 0 Å². The highest BCUT2D eigenvalue weighted by molar-refractivity contribution is 7.11. The molecule has 21 heavy (non-hydrogen) atoms.